The van der Waals surface area contributed by atoms with Gasteiger partial charge in [-0.2, -0.15) is 10.4 Å². The molecule has 1 heterocycles. The van der Waals surface area contributed by atoms with Crippen LogP contribution in [0.15, 0.2) is 58.4 Å². The third-order valence-electron chi connectivity index (χ3n) is 3.66. The molecule has 0 atom stereocenters. The maximum absolute atomic E-state index is 12.1. The van der Waals surface area contributed by atoms with Crippen LogP contribution in [0.1, 0.15) is 11.1 Å². The number of nitro benzene ring substituents is 1. The Morgan fingerprint density at radius 1 is 1.29 bits per heavy atom. The molecule has 10 nitrogen and oxygen atoms in total. The molecular formula is C18H12N6O4. The number of aromatic amines is 1. The molecule has 138 valence electrons. The van der Waals surface area contributed by atoms with Gasteiger partial charge in [-0.25, -0.2) is 10.4 Å². The first kappa shape index (κ1) is 18.3. The molecule has 0 radical (unpaired) electrons. The normalized spacial score (nSPS) is 10.5. The number of rotatable bonds is 5. The van der Waals surface area contributed by atoms with Crippen LogP contribution in [0.5, 0.6) is 5.75 Å². The number of hydrazone groups is 1. The molecule has 3 aromatic rings. The van der Waals surface area contributed by atoms with Gasteiger partial charge in [0.25, 0.3) is 5.56 Å². The fourth-order valence-corrected chi connectivity index (χ4v) is 2.38. The fourth-order valence-electron chi connectivity index (χ4n) is 2.38. The Labute approximate surface area is 157 Å². The van der Waals surface area contributed by atoms with E-state index in [2.05, 4.69) is 20.5 Å². The number of benzene rings is 2. The Morgan fingerprint density at radius 2 is 2.04 bits per heavy atom. The second-order valence-electron chi connectivity index (χ2n) is 5.49. The van der Waals surface area contributed by atoms with Gasteiger partial charge in [0.05, 0.1) is 16.8 Å². The zero-order valence-electron chi connectivity index (χ0n) is 14.2. The first-order valence-electron chi connectivity index (χ1n) is 7.86. The van der Waals surface area contributed by atoms with Crippen LogP contribution in [-0.4, -0.2) is 26.2 Å². The van der Waals surface area contributed by atoms with Crippen LogP contribution < -0.4 is 11.0 Å². The average molecular weight is 376 g/mol. The van der Waals surface area contributed by atoms with Gasteiger partial charge in [0.2, 0.25) is 5.95 Å². The standard InChI is InChI=1S/C18H12N6O4/c19-9-13-16(12-4-2-1-3-5-12)21-18(22-17(13)26)23-20-10-11-6-7-14(24(27)28)15(25)8-11/h1-8,10,25H,(H2,21,22,23,26). The molecule has 3 N–H and O–H groups in total. The SMILES string of the molecule is N#Cc1c(-c2ccccc2)nc(NN=Cc2ccc([N+](=O)[O-])c(O)c2)[nH]c1=O. The van der Waals surface area contributed by atoms with Crippen molar-refractivity contribution in [3.63, 3.8) is 0 Å². The van der Waals surface area contributed by atoms with Gasteiger partial charge in [-0.15, -0.1) is 0 Å². The molecule has 10 heteroatoms. The van der Waals surface area contributed by atoms with Gasteiger partial charge in [-0.05, 0) is 17.7 Å². The third-order valence-corrected chi connectivity index (χ3v) is 3.66. The molecule has 0 amide bonds. The van der Waals surface area contributed by atoms with E-state index in [0.29, 0.717) is 11.1 Å². The molecule has 1 aromatic heterocycles. The summed E-state index contributed by atoms with van der Waals surface area (Å²) in [7, 11) is 0. The lowest BCUT2D eigenvalue weighted by molar-refractivity contribution is -0.385. The van der Waals surface area contributed by atoms with Crippen LogP contribution in [-0.2, 0) is 0 Å². The summed E-state index contributed by atoms with van der Waals surface area (Å²) >= 11 is 0. The van der Waals surface area contributed by atoms with Gasteiger partial charge >= 0.3 is 5.69 Å². The first-order chi connectivity index (χ1) is 13.5. The Hall–Kier alpha value is -4.52. The summed E-state index contributed by atoms with van der Waals surface area (Å²) in [6.07, 6.45) is 1.28. The number of nitriles is 1. The summed E-state index contributed by atoms with van der Waals surface area (Å²) in [5.41, 5.74) is 2.55. The number of phenolic OH excluding ortho intramolecular Hbond substituents is 1. The summed E-state index contributed by atoms with van der Waals surface area (Å²) in [5.74, 6) is -0.490. The molecule has 0 saturated carbocycles. The summed E-state index contributed by atoms with van der Waals surface area (Å²) in [6.45, 7) is 0. The first-order valence-corrected chi connectivity index (χ1v) is 7.86. The highest BCUT2D eigenvalue weighted by atomic mass is 16.6. The maximum Gasteiger partial charge on any atom is 0.310 e. The monoisotopic (exact) mass is 376 g/mol. The van der Waals surface area contributed by atoms with Crippen molar-refractivity contribution in [1.82, 2.24) is 9.97 Å². The largest absolute Gasteiger partial charge is 0.502 e. The summed E-state index contributed by atoms with van der Waals surface area (Å²) in [6, 6.07) is 14.3. The molecule has 0 bridgehead atoms. The van der Waals surface area contributed by atoms with E-state index in [0.717, 1.165) is 6.07 Å². The molecule has 0 aliphatic rings. The van der Waals surface area contributed by atoms with E-state index < -0.39 is 21.9 Å². The molecule has 0 aliphatic carbocycles. The van der Waals surface area contributed by atoms with Crippen molar-refractivity contribution in [1.29, 1.82) is 5.26 Å². The quantitative estimate of drug-likeness (QED) is 0.350. The van der Waals surface area contributed by atoms with Crippen molar-refractivity contribution in [3.05, 3.63) is 80.1 Å². The Kier molecular flexibility index (Phi) is 5.09. The topological polar surface area (TPSA) is 157 Å². The molecule has 0 fully saturated rings. The Morgan fingerprint density at radius 3 is 2.68 bits per heavy atom. The van der Waals surface area contributed by atoms with E-state index in [1.54, 1.807) is 30.3 Å². The van der Waals surface area contributed by atoms with E-state index >= 15 is 0 Å². The molecule has 0 saturated heterocycles. The van der Waals surface area contributed by atoms with Gasteiger partial charge < -0.3 is 5.11 Å². The van der Waals surface area contributed by atoms with Crippen LogP contribution >= 0.6 is 0 Å². The highest BCUT2D eigenvalue weighted by Crippen LogP contribution is 2.25. The van der Waals surface area contributed by atoms with Crippen molar-refractivity contribution in [2.75, 3.05) is 5.43 Å². The second-order valence-corrected chi connectivity index (χ2v) is 5.49. The summed E-state index contributed by atoms with van der Waals surface area (Å²) in [4.78, 5) is 28.8. The fraction of sp³-hybridized carbons (Fsp3) is 0. The minimum Gasteiger partial charge on any atom is -0.502 e. The summed E-state index contributed by atoms with van der Waals surface area (Å²) < 4.78 is 0. The number of phenols is 1. The zero-order chi connectivity index (χ0) is 20.1. The van der Waals surface area contributed by atoms with Crippen LogP contribution in [0.4, 0.5) is 11.6 Å². The lowest BCUT2D eigenvalue weighted by Gasteiger charge is -2.06. The van der Waals surface area contributed by atoms with E-state index in [1.165, 1.54) is 18.3 Å². The van der Waals surface area contributed by atoms with Crippen molar-refractivity contribution < 1.29 is 10.0 Å². The molecule has 0 spiro atoms. The predicted molar refractivity (Wildman–Crippen MR) is 101 cm³/mol. The van der Waals surface area contributed by atoms with Gasteiger partial charge in [-0.1, -0.05) is 30.3 Å². The number of H-pyrrole nitrogens is 1. The van der Waals surface area contributed by atoms with Crippen molar-refractivity contribution in [2.24, 2.45) is 5.10 Å². The van der Waals surface area contributed by atoms with Gasteiger partial charge in [0, 0.05) is 11.6 Å². The highest BCUT2D eigenvalue weighted by molar-refractivity contribution is 5.81. The van der Waals surface area contributed by atoms with Gasteiger partial charge in [0.15, 0.2) is 5.75 Å². The number of hydrogen-bond acceptors (Lipinski definition) is 8. The smallest absolute Gasteiger partial charge is 0.310 e. The van der Waals surface area contributed by atoms with E-state index in [4.69, 9.17) is 0 Å². The number of hydrogen-bond donors (Lipinski definition) is 3. The molecule has 3 rings (SSSR count). The average Bonchev–Trinajstić information content (AvgIpc) is 2.68. The molecular weight excluding hydrogens is 364 g/mol. The minimum atomic E-state index is -0.703. The van der Waals surface area contributed by atoms with Gasteiger partial charge in [-0.3, -0.25) is 19.9 Å². The predicted octanol–water partition coefficient (Wildman–Crippen LogP) is 2.37. The molecule has 0 unspecified atom stereocenters. The Balaban J connectivity index is 1.87. The molecule has 2 aromatic carbocycles. The highest BCUT2D eigenvalue weighted by Gasteiger charge is 2.13. The van der Waals surface area contributed by atoms with Gasteiger partial charge in [0.1, 0.15) is 11.6 Å². The minimum absolute atomic E-state index is 0.00485. The van der Waals surface area contributed by atoms with Crippen LogP contribution in [0, 0.1) is 21.4 Å². The molecule has 28 heavy (non-hydrogen) atoms. The number of aromatic hydroxyl groups is 1. The van der Waals surface area contributed by atoms with Crippen molar-refractivity contribution in [2.45, 2.75) is 0 Å². The number of nitrogens with zero attached hydrogens (tertiary/aromatic N) is 4. The summed E-state index contributed by atoms with van der Waals surface area (Å²) in [5, 5.41) is 33.4. The Bertz CT molecular complexity index is 1160. The zero-order valence-corrected chi connectivity index (χ0v) is 14.2. The van der Waals surface area contributed by atoms with Crippen molar-refractivity contribution >= 4 is 17.9 Å². The van der Waals surface area contributed by atoms with E-state index in [1.807, 2.05) is 6.07 Å². The van der Waals surface area contributed by atoms with E-state index in [9.17, 15) is 25.3 Å². The van der Waals surface area contributed by atoms with Crippen LogP contribution in [0.25, 0.3) is 11.3 Å². The van der Waals surface area contributed by atoms with Crippen LogP contribution in [0.2, 0.25) is 0 Å². The van der Waals surface area contributed by atoms with E-state index in [-0.39, 0.29) is 17.2 Å². The lowest BCUT2D eigenvalue weighted by Crippen LogP contribution is -2.16. The number of aromatic nitrogens is 2. The number of nitro groups is 1. The van der Waals surface area contributed by atoms with Crippen LogP contribution in [0.3, 0.4) is 0 Å². The number of anilines is 1. The maximum atomic E-state index is 12.1. The number of nitrogens with one attached hydrogen (secondary N) is 2. The molecule has 0 aliphatic heterocycles. The lowest BCUT2D eigenvalue weighted by atomic mass is 10.1. The van der Waals surface area contributed by atoms with Crippen molar-refractivity contribution in [3.8, 4) is 23.1 Å². The third kappa shape index (κ3) is 3.83. The second kappa shape index (κ2) is 7.79.